The van der Waals surface area contributed by atoms with Gasteiger partial charge in [0.05, 0.1) is 25.6 Å². The van der Waals surface area contributed by atoms with Crippen molar-refractivity contribution in [1.82, 2.24) is 0 Å². The largest absolute Gasteiger partial charge is 0.466 e. The Morgan fingerprint density at radius 2 is 0.655 bits per heavy atom. The lowest BCUT2D eigenvalue weighted by Crippen LogP contribution is -2.22. The highest BCUT2D eigenvalue weighted by Gasteiger charge is 2.23. The Morgan fingerprint density at radius 1 is 0.364 bits per heavy atom. The van der Waals surface area contributed by atoms with Crippen molar-refractivity contribution in [2.75, 3.05) is 13.2 Å². The van der Waals surface area contributed by atoms with Crippen LogP contribution in [0.5, 0.6) is 0 Å². The Bertz CT molecular complexity index is 792. The molecule has 0 N–H and O–H groups in total. The first-order valence-electron chi connectivity index (χ1n) is 25.1. The van der Waals surface area contributed by atoms with E-state index in [0.29, 0.717) is 19.6 Å². The number of rotatable bonds is 46. The fourth-order valence-corrected chi connectivity index (χ4v) is 7.72. The fourth-order valence-electron chi connectivity index (χ4n) is 7.72. The number of hydrogen-bond donors (Lipinski definition) is 0. The summed E-state index contributed by atoms with van der Waals surface area (Å²) in [6.45, 7) is 7.76. The molecule has 4 nitrogen and oxygen atoms in total. The first kappa shape index (κ1) is 53.7. The topological polar surface area (TPSA) is 52.6 Å². The number of carbonyl (C=O) groups is 2. The molecule has 55 heavy (non-hydrogen) atoms. The summed E-state index contributed by atoms with van der Waals surface area (Å²) in [6.07, 6.45) is 56.2. The molecule has 0 aromatic carbocycles. The summed E-state index contributed by atoms with van der Waals surface area (Å²) in [5.41, 5.74) is 0. The van der Waals surface area contributed by atoms with Crippen molar-refractivity contribution in [3.8, 4) is 0 Å². The number of unbranched alkanes of at least 4 members (excludes halogenated alkanes) is 36. The summed E-state index contributed by atoms with van der Waals surface area (Å²) in [5, 5.41) is 0. The lowest BCUT2D eigenvalue weighted by atomic mass is 10.0. The van der Waals surface area contributed by atoms with Crippen LogP contribution in [0.25, 0.3) is 0 Å². The van der Waals surface area contributed by atoms with Gasteiger partial charge in [-0.15, -0.1) is 0 Å². The van der Waals surface area contributed by atoms with Crippen LogP contribution in [0, 0.1) is 5.92 Å². The first-order valence-corrected chi connectivity index (χ1v) is 25.1. The van der Waals surface area contributed by atoms with Crippen LogP contribution in [0.2, 0.25) is 0 Å². The van der Waals surface area contributed by atoms with E-state index >= 15 is 0 Å². The molecule has 0 aliphatic heterocycles. The van der Waals surface area contributed by atoms with Crippen LogP contribution in [0.15, 0.2) is 12.2 Å². The second-order valence-electron chi connectivity index (χ2n) is 17.2. The molecule has 1 unspecified atom stereocenters. The molecule has 0 rings (SSSR count). The molecule has 0 aliphatic carbocycles. The molecule has 4 heteroatoms. The van der Waals surface area contributed by atoms with E-state index in [9.17, 15) is 9.59 Å². The standard InChI is InChI=1S/C51H98O4/c1-4-7-10-13-16-19-22-23-24-25-26-27-28-29-30-33-36-39-42-45-49(51(53)55-47-44-41-38-35-32-21-18-15-12-9-6-3)48-50(52)54-46-43-40-37-34-31-20-17-14-11-8-5-2/h39,42,49H,4-38,40-41,43-48H2,1-3H3/b42-39+. The predicted molar refractivity (Wildman–Crippen MR) is 241 cm³/mol. The average molecular weight is 775 g/mol. The molecule has 0 bridgehead atoms. The Balaban J connectivity index is 4.23. The number of allylic oxidation sites excluding steroid dienone is 2. The van der Waals surface area contributed by atoms with E-state index in [1.165, 1.54) is 218 Å². The maximum Gasteiger partial charge on any atom is 0.309 e. The molecule has 0 aliphatic rings. The zero-order valence-corrected chi connectivity index (χ0v) is 37.8. The smallest absolute Gasteiger partial charge is 0.309 e. The number of carbonyl (C=O) groups excluding carboxylic acids is 2. The van der Waals surface area contributed by atoms with E-state index in [0.717, 1.165) is 32.1 Å². The molecule has 0 spiro atoms. The number of hydrogen-bond acceptors (Lipinski definition) is 4. The lowest BCUT2D eigenvalue weighted by molar-refractivity contribution is -0.155. The van der Waals surface area contributed by atoms with Gasteiger partial charge in [0, 0.05) is 0 Å². The van der Waals surface area contributed by atoms with Crippen molar-refractivity contribution in [1.29, 1.82) is 0 Å². The van der Waals surface area contributed by atoms with Crippen LogP contribution in [0.4, 0.5) is 0 Å². The minimum Gasteiger partial charge on any atom is -0.466 e. The Labute approximate surface area is 345 Å². The minimum atomic E-state index is -0.445. The van der Waals surface area contributed by atoms with Gasteiger partial charge >= 0.3 is 11.9 Å². The third kappa shape index (κ3) is 43.6. The minimum absolute atomic E-state index is 0.124. The predicted octanol–water partition coefficient (Wildman–Crippen LogP) is 17.3. The van der Waals surface area contributed by atoms with Gasteiger partial charge in [0.2, 0.25) is 0 Å². The fraction of sp³-hybridized carbons (Fsp3) is 0.922. The van der Waals surface area contributed by atoms with Crippen LogP contribution >= 0.6 is 0 Å². The van der Waals surface area contributed by atoms with Gasteiger partial charge in [0.25, 0.3) is 0 Å². The molecule has 0 radical (unpaired) electrons. The molecular weight excluding hydrogens is 677 g/mol. The highest BCUT2D eigenvalue weighted by molar-refractivity contribution is 5.80. The van der Waals surface area contributed by atoms with E-state index in [1.54, 1.807) is 0 Å². The van der Waals surface area contributed by atoms with E-state index in [1.807, 2.05) is 0 Å². The van der Waals surface area contributed by atoms with Crippen LogP contribution in [-0.2, 0) is 19.1 Å². The van der Waals surface area contributed by atoms with Gasteiger partial charge in [-0.2, -0.15) is 0 Å². The second kappa shape index (κ2) is 47.1. The van der Waals surface area contributed by atoms with Gasteiger partial charge in [0.15, 0.2) is 0 Å². The first-order chi connectivity index (χ1) is 27.2. The lowest BCUT2D eigenvalue weighted by Gasteiger charge is -2.14. The summed E-state index contributed by atoms with van der Waals surface area (Å²) >= 11 is 0. The van der Waals surface area contributed by atoms with Gasteiger partial charge < -0.3 is 9.47 Å². The molecule has 0 aromatic heterocycles. The van der Waals surface area contributed by atoms with Crippen LogP contribution in [0.3, 0.4) is 0 Å². The van der Waals surface area contributed by atoms with Gasteiger partial charge in [-0.1, -0.05) is 258 Å². The summed E-state index contributed by atoms with van der Waals surface area (Å²) in [5.74, 6) is -0.930. The van der Waals surface area contributed by atoms with Gasteiger partial charge in [-0.25, -0.2) is 0 Å². The van der Waals surface area contributed by atoms with Gasteiger partial charge in [0.1, 0.15) is 0 Å². The zero-order valence-electron chi connectivity index (χ0n) is 37.8. The van der Waals surface area contributed by atoms with Crippen LogP contribution in [-0.4, -0.2) is 25.2 Å². The molecular formula is C51H98O4. The van der Waals surface area contributed by atoms with Crippen molar-refractivity contribution >= 4 is 11.9 Å². The number of ether oxygens (including phenoxy) is 2. The van der Waals surface area contributed by atoms with Crippen molar-refractivity contribution < 1.29 is 19.1 Å². The van der Waals surface area contributed by atoms with Crippen molar-refractivity contribution in [2.45, 2.75) is 284 Å². The van der Waals surface area contributed by atoms with E-state index in [2.05, 4.69) is 32.9 Å². The third-order valence-corrected chi connectivity index (χ3v) is 11.6. The van der Waals surface area contributed by atoms with Gasteiger partial charge in [-0.05, 0) is 32.1 Å². The maximum atomic E-state index is 13.1. The second-order valence-corrected chi connectivity index (χ2v) is 17.2. The molecule has 0 aromatic rings. The monoisotopic (exact) mass is 775 g/mol. The Hall–Kier alpha value is -1.32. The third-order valence-electron chi connectivity index (χ3n) is 11.6. The zero-order chi connectivity index (χ0) is 40.0. The molecule has 0 heterocycles. The maximum absolute atomic E-state index is 13.1. The van der Waals surface area contributed by atoms with E-state index in [4.69, 9.17) is 9.47 Å². The van der Waals surface area contributed by atoms with Crippen molar-refractivity contribution in [2.24, 2.45) is 5.92 Å². The molecule has 0 fully saturated rings. The molecule has 0 saturated carbocycles. The van der Waals surface area contributed by atoms with Crippen LogP contribution in [0.1, 0.15) is 284 Å². The highest BCUT2D eigenvalue weighted by Crippen LogP contribution is 2.18. The SMILES string of the molecule is CCCCCCCCCCCCCCCCCC/C=C/CC(CC(=O)OCCCCCCCCCCCCC)C(=O)OCCCCCCCCCCCCC. The summed E-state index contributed by atoms with van der Waals surface area (Å²) < 4.78 is 11.3. The van der Waals surface area contributed by atoms with E-state index in [-0.39, 0.29) is 18.4 Å². The molecule has 0 amide bonds. The molecule has 1 atom stereocenters. The highest BCUT2D eigenvalue weighted by atomic mass is 16.5. The van der Waals surface area contributed by atoms with Crippen LogP contribution < -0.4 is 0 Å². The van der Waals surface area contributed by atoms with E-state index < -0.39 is 5.92 Å². The van der Waals surface area contributed by atoms with Crippen molar-refractivity contribution in [3.05, 3.63) is 12.2 Å². The molecule has 0 saturated heterocycles. The molecule has 326 valence electrons. The quantitative estimate of drug-likeness (QED) is 0.0351. The van der Waals surface area contributed by atoms with Crippen molar-refractivity contribution in [3.63, 3.8) is 0 Å². The van der Waals surface area contributed by atoms with Gasteiger partial charge in [-0.3, -0.25) is 9.59 Å². The average Bonchev–Trinajstić information content (AvgIpc) is 3.19. The Kier molecular flexibility index (Phi) is 45.9. The summed E-state index contributed by atoms with van der Waals surface area (Å²) in [4.78, 5) is 25.9. The normalized spacial score (nSPS) is 12.1. The Morgan fingerprint density at radius 3 is 1.00 bits per heavy atom. The summed E-state index contributed by atoms with van der Waals surface area (Å²) in [7, 11) is 0. The summed E-state index contributed by atoms with van der Waals surface area (Å²) in [6, 6.07) is 0. The number of esters is 2.